The van der Waals surface area contributed by atoms with E-state index in [1.165, 1.54) is 7.11 Å². The number of nitrogens with zero attached hydrogens (tertiary/aromatic N) is 1. The lowest BCUT2D eigenvalue weighted by atomic mass is 10.1. The van der Waals surface area contributed by atoms with E-state index in [4.69, 9.17) is 15.0 Å². The van der Waals surface area contributed by atoms with Crippen LogP contribution in [0, 0.1) is 6.92 Å². The third-order valence-electron chi connectivity index (χ3n) is 2.97. The predicted octanol–water partition coefficient (Wildman–Crippen LogP) is 2.81. The summed E-state index contributed by atoms with van der Waals surface area (Å²) < 4.78 is 10.2. The molecule has 7 heteroatoms. The Balaban J connectivity index is 0.00000220. The molecule has 1 aromatic heterocycles. The van der Waals surface area contributed by atoms with Crippen LogP contribution < -0.4 is 15.8 Å². The minimum absolute atomic E-state index is 0. The summed E-state index contributed by atoms with van der Waals surface area (Å²) in [4.78, 5) is 12.3. The van der Waals surface area contributed by atoms with E-state index in [1.807, 2.05) is 6.92 Å². The van der Waals surface area contributed by atoms with Crippen molar-refractivity contribution < 1.29 is 14.1 Å². The SMILES string of the molecule is CCc1onc(C)c1C(=O)Nc1ccc(OC)c(N)c1.Cl. The maximum atomic E-state index is 12.3. The second kappa shape index (κ2) is 6.99. The van der Waals surface area contributed by atoms with Crippen molar-refractivity contribution in [3.05, 3.63) is 35.2 Å². The Hall–Kier alpha value is -2.21. The highest BCUT2D eigenvalue weighted by Crippen LogP contribution is 2.25. The summed E-state index contributed by atoms with van der Waals surface area (Å²) in [5.41, 5.74) is 7.90. The van der Waals surface area contributed by atoms with E-state index in [0.29, 0.717) is 40.6 Å². The number of aromatic nitrogens is 1. The molecule has 0 aliphatic heterocycles. The molecule has 6 nitrogen and oxygen atoms in total. The summed E-state index contributed by atoms with van der Waals surface area (Å²) in [6.45, 7) is 3.64. The molecule has 0 bridgehead atoms. The van der Waals surface area contributed by atoms with Gasteiger partial charge in [-0.15, -0.1) is 12.4 Å². The molecule has 0 aliphatic carbocycles. The van der Waals surface area contributed by atoms with E-state index in [-0.39, 0.29) is 18.3 Å². The molecule has 1 aromatic carbocycles. The van der Waals surface area contributed by atoms with E-state index in [9.17, 15) is 4.79 Å². The highest BCUT2D eigenvalue weighted by atomic mass is 35.5. The molecule has 2 rings (SSSR count). The van der Waals surface area contributed by atoms with Gasteiger partial charge in [0.1, 0.15) is 17.1 Å². The number of nitrogens with two attached hydrogens (primary N) is 1. The number of hydrogen-bond donors (Lipinski definition) is 2. The molecule has 1 heterocycles. The Bertz CT molecular complexity index is 640. The van der Waals surface area contributed by atoms with Gasteiger partial charge in [0.15, 0.2) is 0 Å². The number of amides is 1. The molecule has 0 radical (unpaired) electrons. The summed E-state index contributed by atoms with van der Waals surface area (Å²) >= 11 is 0. The van der Waals surface area contributed by atoms with E-state index >= 15 is 0 Å². The van der Waals surface area contributed by atoms with Crippen LogP contribution in [0.4, 0.5) is 11.4 Å². The lowest BCUT2D eigenvalue weighted by Gasteiger charge is -2.08. The second-order valence-electron chi connectivity index (χ2n) is 4.33. The molecule has 3 N–H and O–H groups in total. The maximum Gasteiger partial charge on any atom is 0.261 e. The molecular weight excluding hydrogens is 294 g/mol. The van der Waals surface area contributed by atoms with Crippen molar-refractivity contribution in [2.45, 2.75) is 20.3 Å². The van der Waals surface area contributed by atoms with E-state index < -0.39 is 0 Å². The Kier molecular flexibility index (Phi) is 5.60. The van der Waals surface area contributed by atoms with Gasteiger partial charge >= 0.3 is 0 Å². The van der Waals surface area contributed by atoms with Crippen LogP contribution >= 0.6 is 12.4 Å². The summed E-state index contributed by atoms with van der Waals surface area (Å²) in [5, 5.41) is 6.59. The van der Waals surface area contributed by atoms with Gasteiger partial charge in [0.25, 0.3) is 5.91 Å². The first-order valence-electron chi connectivity index (χ1n) is 6.26. The Labute approximate surface area is 129 Å². The van der Waals surface area contributed by atoms with Crippen LogP contribution in [0.3, 0.4) is 0 Å². The fraction of sp³-hybridized carbons (Fsp3) is 0.286. The van der Waals surface area contributed by atoms with Gasteiger partial charge in [0, 0.05) is 12.1 Å². The predicted molar refractivity (Wildman–Crippen MR) is 83.2 cm³/mol. The molecule has 0 aliphatic rings. The zero-order chi connectivity index (χ0) is 14.7. The summed E-state index contributed by atoms with van der Waals surface area (Å²) in [5.74, 6) is 0.880. The smallest absolute Gasteiger partial charge is 0.261 e. The standard InChI is InChI=1S/C14H17N3O3.ClH/c1-4-11-13(8(2)17-20-11)14(18)16-9-5-6-12(19-3)10(15)7-9;/h5-7H,4,15H2,1-3H3,(H,16,18);1H. The van der Waals surface area contributed by atoms with Crippen molar-refractivity contribution in [3.8, 4) is 5.75 Å². The normalized spacial score (nSPS) is 9.86. The molecule has 1 amide bonds. The number of ether oxygens (including phenoxy) is 1. The van der Waals surface area contributed by atoms with Crippen LogP contribution in [-0.2, 0) is 6.42 Å². The maximum absolute atomic E-state index is 12.3. The number of halogens is 1. The lowest BCUT2D eigenvalue weighted by molar-refractivity contribution is 0.102. The number of hydrogen-bond acceptors (Lipinski definition) is 5. The number of nitrogen functional groups attached to an aromatic ring is 1. The fourth-order valence-electron chi connectivity index (χ4n) is 1.95. The molecule has 0 saturated heterocycles. The minimum atomic E-state index is -0.259. The summed E-state index contributed by atoms with van der Waals surface area (Å²) in [7, 11) is 1.54. The Morgan fingerprint density at radius 3 is 2.76 bits per heavy atom. The molecule has 0 atom stereocenters. The average molecular weight is 312 g/mol. The van der Waals surface area contributed by atoms with Gasteiger partial charge in [-0.3, -0.25) is 4.79 Å². The highest BCUT2D eigenvalue weighted by Gasteiger charge is 2.19. The van der Waals surface area contributed by atoms with Crippen LogP contribution in [0.5, 0.6) is 5.75 Å². The van der Waals surface area contributed by atoms with E-state index in [0.717, 1.165) is 0 Å². The first-order valence-corrected chi connectivity index (χ1v) is 6.26. The number of carbonyl (C=O) groups is 1. The minimum Gasteiger partial charge on any atom is -0.495 e. The molecule has 21 heavy (non-hydrogen) atoms. The van der Waals surface area contributed by atoms with E-state index in [2.05, 4.69) is 10.5 Å². The number of rotatable bonds is 4. The molecule has 0 spiro atoms. The van der Waals surface area contributed by atoms with Crippen LogP contribution in [0.25, 0.3) is 0 Å². The Morgan fingerprint density at radius 2 is 2.19 bits per heavy atom. The molecule has 0 fully saturated rings. The summed E-state index contributed by atoms with van der Waals surface area (Å²) in [6.07, 6.45) is 0.606. The number of nitrogens with one attached hydrogen (secondary N) is 1. The van der Waals surface area contributed by atoms with Crippen molar-refractivity contribution >= 4 is 29.7 Å². The second-order valence-corrected chi connectivity index (χ2v) is 4.33. The largest absolute Gasteiger partial charge is 0.495 e. The van der Waals surface area contributed by atoms with Crippen molar-refractivity contribution in [1.82, 2.24) is 5.16 Å². The zero-order valence-electron chi connectivity index (χ0n) is 12.1. The fourth-order valence-corrected chi connectivity index (χ4v) is 1.95. The molecule has 0 unspecified atom stereocenters. The molecule has 0 saturated carbocycles. The average Bonchev–Trinajstić information content (AvgIpc) is 2.80. The first kappa shape index (κ1) is 16.8. The van der Waals surface area contributed by atoms with Crippen molar-refractivity contribution in [2.24, 2.45) is 0 Å². The number of benzene rings is 1. The van der Waals surface area contributed by atoms with Crippen LogP contribution in [0.2, 0.25) is 0 Å². The van der Waals surface area contributed by atoms with Crippen LogP contribution in [0.15, 0.2) is 22.7 Å². The van der Waals surface area contributed by atoms with Gasteiger partial charge in [-0.25, -0.2) is 0 Å². The van der Waals surface area contributed by atoms with Gasteiger partial charge in [0.2, 0.25) is 0 Å². The molecular formula is C14H18ClN3O3. The van der Waals surface area contributed by atoms with Crippen LogP contribution in [-0.4, -0.2) is 18.2 Å². The monoisotopic (exact) mass is 311 g/mol. The van der Waals surface area contributed by atoms with E-state index in [1.54, 1.807) is 25.1 Å². The quantitative estimate of drug-likeness (QED) is 0.847. The topological polar surface area (TPSA) is 90.4 Å². The van der Waals surface area contributed by atoms with Gasteiger partial charge in [-0.2, -0.15) is 0 Å². The van der Waals surface area contributed by atoms with Crippen molar-refractivity contribution in [1.29, 1.82) is 0 Å². The van der Waals surface area contributed by atoms with Crippen molar-refractivity contribution in [2.75, 3.05) is 18.2 Å². The molecule has 2 aromatic rings. The number of aryl methyl sites for hydroxylation is 2. The molecule has 114 valence electrons. The van der Waals surface area contributed by atoms with Gasteiger partial charge in [-0.1, -0.05) is 12.1 Å². The third-order valence-corrected chi connectivity index (χ3v) is 2.97. The third kappa shape index (κ3) is 3.46. The number of methoxy groups -OCH3 is 1. The van der Waals surface area contributed by atoms with Gasteiger partial charge in [-0.05, 0) is 25.1 Å². The number of anilines is 2. The van der Waals surface area contributed by atoms with Gasteiger partial charge in [0.05, 0.1) is 18.5 Å². The zero-order valence-corrected chi connectivity index (χ0v) is 12.9. The van der Waals surface area contributed by atoms with Crippen molar-refractivity contribution in [3.63, 3.8) is 0 Å². The number of carbonyl (C=O) groups excluding carboxylic acids is 1. The highest BCUT2D eigenvalue weighted by molar-refractivity contribution is 6.05. The van der Waals surface area contributed by atoms with Crippen LogP contribution in [0.1, 0.15) is 28.7 Å². The Morgan fingerprint density at radius 1 is 1.48 bits per heavy atom. The van der Waals surface area contributed by atoms with Gasteiger partial charge < -0.3 is 20.3 Å². The first-order chi connectivity index (χ1) is 9.56. The summed E-state index contributed by atoms with van der Waals surface area (Å²) in [6, 6.07) is 5.07. The lowest BCUT2D eigenvalue weighted by Crippen LogP contribution is -2.14.